The van der Waals surface area contributed by atoms with Crippen LogP contribution >= 0.6 is 0 Å². The molecular formula is C12H22O2. The maximum absolute atomic E-state index is 10.8. The SMILES string of the molecule is CC(=O)COC(C)(C)C1CCCCC1. The number of carbonyl (C=O) groups is 1. The Morgan fingerprint density at radius 2 is 1.86 bits per heavy atom. The standard InChI is InChI=1S/C12H22O2/c1-10(13)9-14-12(2,3)11-7-5-4-6-8-11/h11H,4-9H2,1-3H3. The number of Topliss-reactive ketones (excluding diaryl/α,β-unsaturated/α-hetero) is 1. The van der Waals surface area contributed by atoms with Crippen molar-refractivity contribution < 1.29 is 9.53 Å². The molecule has 0 N–H and O–H groups in total. The molecule has 1 fully saturated rings. The van der Waals surface area contributed by atoms with E-state index in [0.717, 1.165) is 0 Å². The second-order valence-corrected chi connectivity index (χ2v) is 4.93. The van der Waals surface area contributed by atoms with Crippen LogP contribution in [0, 0.1) is 5.92 Å². The third-order valence-corrected chi connectivity index (χ3v) is 3.24. The van der Waals surface area contributed by atoms with Gasteiger partial charge >= 0.3 is 0 Å². The minimum atomic E-state index is -0.119. The average molecular weight is 198 g/mol. The monoisotopic (exact) mass is 198 g/mol. The maximum atomic E-state index is 10.8. The first kappa shape index (κ1) is 11.7. The minimum absolute atomic E-state index is 0.119. The Bertz CT molecular complexity index is 190. The molecule has 0 aromatic heterocycles. The molecule has 0 bridgehead atoms. The predicted molar refractivity (Wildman–Crippen MR) is 57.3 cm³/mol. The van der Waals surface area contributed by atoms with Crippen LogP contribution in [0.15, 0.2) is 0 Å². The van der Waals surface area contributed by atoms with Gasteiger partial charge in [-0.05, 0) is 39.5 Å². The summed E-state index contributed by atoms with van der Waals surface area (Å²) in [6.07, 6.45) is 6.50. The van der Waals surface area contributed by atoms with Gasteiger partial charge in [-0.15, -0.1) is 0 Å². The van der Waals surface area contributed by atoms with Crippen molar-refractivity contribution in [3.05, 3.63) is 0 Å². The second kappa shape index (κ2) is 4.92. The van der Waals surface area contributed by atoms with E-state index in [1.165, 1.54) is 32.1 Å². The summed E-state index contributed by atoms with van der Waals surface area (Å²) in [7, 11) is 0. The van der Waals surface area contributed by atoms with Crippen LogP contribution in [0.5, 0.6) is 0 Å². The lowest BCUT2D eigenvalue weighted by atomic mass is 9.79. The largest absolute Gasteiger partial charge is 0.368 e. The molecule has 0 atom stereocenters. The summed E-state index contributed by atoms with van der Waals surface area (Å²) >= 11 is 0. The molecule has 0 aromatic rings. The van der Waals surface area contributed by atoms with Crippen LogP contribution < -0.4 is 0 Å². The highest BCUT2D eigenvalue weighted by Crippen LogP contribution is 2.34. The molecule has 14 heavy (non-hydrogen) atoms. The summed E-state index contributed by atoms with van der Waals surface area (Å²) in [6.45, 7) is 6.08. The van der Waals surface area contributed by atoms with Gasteiger partial charge in [0.1, 0.15) is 6.61 Å². The maximum Gasteiger partial charge on any atom is 0.155 e. The van der Waals surface area contributed by atoms with Crippen molar-refractivity contribution in [3.63, 3.8) is 0 Å². The van der Waals surface area contributed by atoms with Gasteiger partial charge in [0.15, 0.2) is 5.78 Å². The third-order valence-electron chi connectivity index (χ3n) is 3.24. The Morgan fingerprint density at radius 3 is 2.36 bits per heavy atom. The molecule has 0 amide bonds. The molecule has 1 saturated carbocycles. The van der Waals surface area contributed by atoms with E-state index in [4.69, 9.17) is 4.74 Å². The summed E-state index contributed by atoms with van der Waals surface area (Å²) in [6, 6.07) is 0. The molecule has 0 aliphatic heterocycles. The number of hydrogen-bond donors (Lipinski definition) is 0. The van der Waals surface area contributed by atoms with Crippen LogP contribution in [-0.4, -0.2) is 18.0 Å². The van der Waals surface area contributed by atoms with Crippen molar-refractivity contribution >= 4 is 5.78 Å². The van der Waals surface area contributed by atoms with Crippen molar-refractivity contribution in [1.29, 1.82) is 0 Å². The van der Waals surface area contributed by atoms with E-state index in [0.29, 0.717) is 5.92 Å². The fourth-order valence-corrected chi connectivity index (χ4v) is 2.20. The van der Waals surface area contributed by atoms with Gasteiger partial charge in [-0.2, -0.15) is 0 Å². The highest BCUT2D eigenvalue weighted by Gasteiger charge is 2.31. The molecule has 1 aliphatic rings. The predicted octanol–water partition coefficient (Wildman–Crippen LogP) is 2.95. The highest BCUT2D eigenvalue weighted by atomic mass is 16.5. The first-order chi connectivity index (χ1) is 6.52. The number of hydrogen-bond acceptors (Lipinski definition) is 2. The van der Waals surface area contributed by atoms with Gasteiger partial charge in [0.05, 0.1) is 5.60 Å². The topological polar surface area (TPSA) is 26.3 Å². The van der Waals surface area contributed by atoms with E-state index < -0.39 is 0 Å². The highest BCUT2D eigenvalue weighted by molar-refractivity contribution is 5.76. The van der Waals surface area contributed by atoms with Gasteiger partial charge in [-0.1, -0.05) is 19.3 Å². The zero-order chi connectivity index (χ0) is 10.6. The zero-order valence-corrected chi connectivity index (χ0v) is 9.64. The molecule has 0 saturated heterocycles. The quantitative estimate of drug-likeness (QED) is 0.694. The van der Waals surface area contributed by atoms with Crippen molar-refractivity contribution in [1.82, 2.24) is 0 Å². The van der Waals surface area contributed by atoms with Gasteiger partial charge < -0.3 is 4.74 Å². The number of ether oxygens (including phenoxy) is 1. The van der Waals surface area contributed by atoms with E-state index in [-0.39, 0.29) is 18.0 Å². The number of rotatable bonds is 4. The number of ketones is 1. The summed E-state index contributed by atoms with van der Waals surface area (Å²) in [4.78, 5) is 10.8. The number of carbonyl (C=O) groups excluding carboxylic acids is 1. The van der Waals surface area contributed by atoms with Crippen LogP contribution in [-0.2, 0) is 9.53 Å². The van der Waals surface area contributed by atoms with Crippen LogP contribution in [0.1, 0.15) is 52.9 Å². The molecule has 2 heteroatoms. The lowest BCUT2D eigenvalue weighted by molar-refractivity contribution is -0.131. The molecule has 0 unspecified atom stereocenters. The Morgan fingerprint density at radius 1 is 1.29 bits per heavy atom. The smallest absolute Gasteiger partial charge is 0.155 e. The van der Waals surface area contributed by atoms with Crippen molar-refractivity contribution in [2.45, 2.75) is 58.5 Å². The molecule has 1 rings (SSSR count). The van der Waals surface area contributed by atoms with E-state index >= 15 is 0 Å². The third kappa shape index (κ3) is 3.41. The van der Waals surface area contributed by atoms with E-state index in [1.54, 1.807) is 6.92 Å². The molecule has 82 valence electrons. The van der Waals surface area contributed by atoms with Gasteiger partial charge in [0.2, 0.25) is 0 Å². The van der Waals surface area contributed by atoms with E-state index in [1.807, 2.05) is 0 Å². The molecule has 0 aromatic carbocycles. The van der Waals surface area contributed by atoms with E-state index in [9.17, 15) is 4.79 Å². The van der Waals surface area contributed by atoms with Gasteiger partial charge in [-0.3, -0.25) is 4.79 Å². The fraction of sp³-hybridized carbons (Fsp3) is 0.917. The molecular weight excluding hydrogens is 176 g/mol. The lowest BCUT2D eigenvalue weighted by Crippen LogP contribution is -2.37. The van der Waals surface area contributed by atoms with Crippen LogP contribution in [0.3, 0.4) is 0 Å². The van der Waals surface area contributed by atoms with Crippen molar-refractivity contribution in [2.75, 3.05) is 6.61 Å². The average Bonchev–Trinajstić information content (AvgIpc) is 2.16. The Balaban J connectivity index is 2.41. The fourth-order valence-electron chi connectivity index (χ4n) is 2.20. The van der Waals surface area contributed by atoms with Crippen LogP contribution in [0.2, 0.25) is 0 Å². The Labute approximate surface area is 87.0 Å². The van der Waals surface area contributed by atoms with Gasteiger partial charge in [-0.25, -0.2) is 0 Å². The van der Waals surface area contributed by atoms with Gasteiger partial charge in [0.25, 0.3) is 0 Å². The lowest BCUT2D eigenvalue weighted by Gasteiger charge is -2.36. The van der Waals surface area contributed by atoms with Crippen LogP contribution in [0.25, 0.3) is 0 Å². The first-order valence-corrected chi connectivity index (χ1v) is 5.66. The van der Waals surface area contributed by atoms with E-state index in [2.05, 4.69) is 13.8 Å². The van der Waals surface area contributed by atoms with Crippen molar-refractivity contribution in [2.24, 2.45) is 5.92 Å². The molecule has 0 heterocycles. The summed E-state index contributed by atoms with van der Waals surface area (Å²) in [5, 5.41) is 0. The Hall–Kier alpha value is -0.370. The summed E-state index contributed by atoms with van der Waals surface area (Å²) in [5.41, 5.74) is -0.119. The molecule has 0 spiro atoms. The van der Waals surface area contributed by atoms with Gasteiger partial charge in [0, 0.05) is 0 Å². The summed E-state index contributed by atoms with van der Waals surface area (Å²) in [5.74, 6) is 0.754. The van der Waals surface area contributed by atoms with Crippen LogP contribution in [0.4, 0.5) is 0 Å². The molecule has 0 radical (unpaired) electrons. The first-order valence-electron chi connectivity index (χ1n) is 5.66. The zero-order valence-electron chi connectivity index (χ0n) is 9.64. The Kier molecular flexibility index (Phi) is 4.11. The summed E-state index contributed by atoms with van der Waals surface area (Å²) < 4.78 is 5.68. The normalized spacial score (nSPS) is 19.6. The molecule has 1 aliphatic carbocycles. The second-order valence-electron chi connectivity index (χ2n) is 4.93. The molecule has 2 nitrogen and oxygen atoms in total. The minimum Gasteiger partial charge on any atom is -0.368 e. The van der Waals surface area contributed by atoms with Crippen molar-refractivity contribution in [3.8, 4) is 0 Å².